The zero-order valence-corrected chi connectivity index (χ0v) is 17.0. The lowest BCUT2D eigenvalue weighted by Crippen LogP contribution is -2.31. The summed E-state index contributed by atoms with van der Waals surface area (Å²) in [6.07, 6.45) is 0. The third-order valence-corrected chi connectivity index (χ3v) is 12.5. The summed E-state index contributed by atoms with van der Waals surface area (Å²) in [7, 11) is -2.44. The van der Waals surface area contributed by atoms with Crippen molar-refractivity contribution in [1.29, 1.82) is 0 Å². The van der Waals surface area contributed by atoms with Crippen LogP contribution in [-0.2, 0) is 0 Å². The van der Waals surface area contributed by atoms with Crippen molar-refractivity contribution in [2.24, 2.45) is 0 Å². The smallest absolute Gasteiger partial charge is 0.126 e. The van der Waals surface area contributed by atoms with E-state index in [0.717, 1.165) is 32.9 Å². The van der Waals surface area contributed by atoms with Gasteiger partial charge in [0.2, 0.25) is 0 Å². The molecule has 0 unspecified atom stereocenters. The number of phenolic OH excluding ortho intramolecular Hbond substituents is 2. The number of hydrogen-bond acceptors (Lipinski definition) is 2. The number of aryl methyl sites for hydroxylation is 4. The molecule has 2 aromatic rings. The normalized spacial score (nSPS) is 12.0. The monoisotopic (exact) mass is 346 g/mol. The Hall–Kier alpha value is -1.31. The van der Waals surface area contributed by atoms with Gasteiger partial charge in [0.1, 0.15) is 11.5 Å². The summed E-state index contributed by atoms with van der Waals surface area (Å²) < 4.78 is 0. The van der Waals surface area contributed by atoms with Crippen LogP contribution in [0, 0.1) is 27.7 Å². The Balaban J connectivity index is 2.80. The van der Waals surface area contributed by atoms with Gasteiger partial charge in [0.25, 0.3) is 0 Å². The number of aromatic hydroxyl groups is 2. The molecule has 0 aromatic heterocycles. The third-order valence-electron chi connectivity index (χ3n) is 4.00. The molecule has 0 aliphatic carbocycles. The van der Waals surface area contributed by atoms with Gasteiger partial charge in [0.15, 0.2) is 0 Å². The summed E-state index contributed by atoms with van der Waals surface area (Å²) in [5, 5.41) is 23.4. The zero-order chi connectivity index (χ0) is 17.5. The van der Waals surface area contributed by atoms with E-state index >= 15 is 0 Å². The summed E-state index contributed by atoms with van der Waals surface area (Å²) in [4.78, 5) is 0. The second kappa shape index (κ2) is 6.30. The summed E-state index contributed by atoms with van der Waals surface area (Å²) in [5.74, 6) is 0.783. The first-order valence-electron chi connectivity index (χ1n) is 7.93. The Morgan fingerprint density at radius 1 is 0.696 bits per heavy atom. The van der Waals surface area contributed by atoms with Crippen molar-refractivity contribution in [2.75, 3.05) is 0 Å². The molecule has 0 saturated carbocycles. The van der Waals surface area contributed by atoms with E-state index in [1.165, 1.54) is 0 Å². The topological polar surface area (TPSA) is 40.5 Å². The molecule has 0 fully saturated rings. The maximum Gasteiger partial charge on any atom is 0.126 e. The number of benzene rings is 2. The van der Waals surface area contributed by atoms with E-state index in [0.29, 0.717) is 11.5 Å². The molecule has 2 nitrogen and oxygen atoms in total. The van der Waals surface area contributed by atoms with Crippen molar-refractivity contribution in [3.63, 3.8) is 0 Å². The van der Waals surface area contributed by atoms with Crippen LogP contribution in [-0.4, -0.2) is 18.0 Å². The summed E-state index contributed by atoms with van der Waals surface area (Å²) >= 11 is 0. The lowest BCUT2D eigenvalue weighted by molar-refractivity contribution is 0.475. The number of rotatable bonds is 3. The van der Waals surface area contributed by atoms with Crippen LogP contribution in [0.15, 0.2) is 24.3 Å². The predicted octanol–water partition coefficient (Wildman–Crippen LogP) is 4.60. The van der Waals surface area contributed by atoms with Crippen molar-refractivity contribution in [3.05, 3.63) is 46.5 Å². The Labute approximate surface area is 141 Å². The Kier molecular flexibility index (Phi) is 4.94. The second-order valence-corrected chi connectivity index (χ2v) is 18.7. The summed E-state index contributed by atoms with van der Waals surface area (Å²) in [6, 6.07) is 8.22. The molecule has 124 valence electrons. The van der Waals surface area contributed by atoms with Gasteiger partial charge in [-0.2, -0.15) is 0 Å². The maximum atomic E-state index is 10.7. The van der Waals surface area contributed by atoms with E-state index in [1.807, 2.05) is 26.0 Å². The standard InChI is InChI=1S/C19H27O2PSi/c1-12-8-14(3)18(20)16(10-12)22(23(5,6)7)17-11-13(2)9-15(4)19(17)21/h8-11,20-21H,1-7H3. The molecule has 2 rings (SSSR count). The lowest BCUT2D eigenvalue weighted by atomic mass is 10.1. The van der Waals surface area contributed by atoms with Gasteiger partial charge in [0, 0.05) is 10.6 Å². The van der Waals surface area contributed by atoms with Gasteiger partial charge in [-0.3, -0.25) is 0 Å². The van der Waals surface area contributed by atoms with E-state index in [2.05, 4.69) is 45.6 Å². The van der Waals surface area contributed by atoms with Gasteiger partial charge >= 0.3 is 0 Å². The molecule has 0 heterocycles. The minimum Gasteiger partial charge on any atom is -0.507 e. The molecule has 0 atom stereocenters. The van der Waals surface area contributed by atoms with Crippen molar-refractivity contribution in [1.82, 2.24) is 0 Å². The molecule has 0 spiro atoms. The molecular formula is C19H27O2PSi. The highest BCUT2D eigenvalue weighted by atomic mass is 31.4. The van der Waals surface area contributed by atoms with E-state index in [9.17, 15) is 10.2 Å². The van der Waals surface area contributed by atoms with Crippen LogP contribution in [0.25, 0.3) is 0 Å². The third kappa shape index (κ3) is 3.62. The summed E-state index contributed by atoms with van der Waals surface area (Å²) in [6.45, 7) is 15.0. The first kappa shape index (κ1) is 18.0. The van der Waals surface area contributed by atoms with E-state index in [4.69, 9.17) is 0 Å². The fraction of sp³-hybridized carbons (Fsp3) is 0.368. The SMILES string of the molecule is Cc1cc(C)c(O)c(P(c2cc(C)cc(C)c2O)[Si](C)(C)C)c1. The first-order valence-corrected chi connectivity index (χ1v) is 13.6. The molecule has 0 bridgehead atoms. The maximum absolute atomic E-state index is 10.7. The minimum atomic E-state index is -1.68. The largest absolute Gasteiger partial charge is 0.507 e. The number of phenols is 2. The van der Waals surface area contributed by atoms with Crippen molar-refractivity contribution in [3.8, 4) is 11.5 Å². The van der Waals surface area contributed by atoms with Crippen LogP contribution in [0.3, 0.4) is 0 Å². The predicted molar refractivity (Wildman–Crippen MR) is 105 cm³/mol. The van der Waals surface area contributed by atoms with Crippen LogP contribution >= 0.6 is 7.47 Å². The van der Waals surface area contributed by atoms with Crippen LogP contribution in [0.1, 0.15) is 22.3 Å². The Morgan fingerprint density at radius 3 is 1.35 bits per heavy atom. The van der Waals surface area contributed by atoms with Gasteiger partial charge in [-0.25, -0.2) is 0 Å². The molecule has 0 radical (unpaired) electrons. The fourth-order valence-electron chi connectivity index (χ4n) is 3.07. The van der Waals surface area contributed by atoms with Crippen LogP contribution < -0.4 is 10.6 Å². The first-order chi connectivity index (χ1) is 10.5. The second-order valence-electron chi connectivity index (χ2n) is 7.41. The highest BCUT2D eigenvalue weighted by Gasteiger charge is 2.34. The van der Waals surface area contributed by atoms with Crippen LogP contribution in [0.5, 0.6) is 11.5 Å². The molecule has 4 heteroatoms. The average molecular weight is 346 g/mol. The average Bonchev–Trinajstić information content (AvgIpc) is 2.39. The molecule has 0 amide bonds. The van der Waals surface area contributed by atoms with Crippen molar-refractivity contribution >= 4 is 25.8 Å². The fourth-order valence-corrected chi connectivity index (χ4v) is 11.6. The Bertz CT molecular complexity index is 691. The van der Waals surface area contributed by atoms with E-state index in [1.54, 1.807) is 0 Å². The molecule has 2 aromatic carbocycles. The zero-order valence-electron chi connectivity index (χ0n) is 15.2. The van der Waals surface area contributed by atoms with Crippen LogP contribution in [0.4, 0.5) is 0 Å². The quantitative estimate of drug-likeness (QED) is 0.630. The molecule has 0 aliphatic rings. The van der Waals surface area contributed by atoms with E-state index < -0.39 is 15.2 Å². The van der Waals surface area contributed by atoms with Gasteiger partial charge in [0.05, 0.1) is 7.74 Å². The highest BCUT2D eigenvalue weighted by Crippen LogP contribution is 2.49. The minimum absolute atomic E-state index is 0.391. The molecule has 2 N–H and O–H groups in total. The van der Waals surface area contributed by atoms with Gasteiger partial charge in [-0.05, 0) is 62.1 Å². The summed E-state index contributed by atoms with van der Waals surface area (Å²) in [5.41, 5.74) is 4.14. The van der Waals surface area contributed by atoms with Crippen molar-refractivity contribution in [2.45, 2.75) is 47.3 Å². The molecule has 0 aliphatic heterocycles. The van der Waals surface area contributed by atoms with Gasteiger partial charge in [-0.1, -0.05) is 39.2 Å². The molecule has 23 heavy (non-hydrogen) atoms. The van der Waals surface area contributed by atoms with Crippen LogP contribution in [0.2, 0.25) is 19.6 Å². The van der Waals surface area contributed by atoms with Gasteiger partial charge in [-0.15, -0.1) is 0 Å². The lowest BCUT2D eigenvalue weighted by Gasteiger charge is -2.32. The molecular weight excluding hydrogens is 319 g/mol. The van der Waals surface area contributed by atoms with Crippen molar-refractivity contribution < 1.29 is 10.2 Å². The Morgan fingerprint density at radius 2 is 1.04 bits per heavy atom. The van der Waals surface area contributed by atoms with Gasteiger partial charge < -0.3 is 10.2 Å². The number of hydrogen-bond donors (Lipinski definition) is 2. The van der Waals surface area contributed by atoms with E-state index in [-0.39, 0.29) is 0 Å². The highest BCUT2D eigenvalue weighted by molar-refractivity contribution is 8.04. The molecule has 0 saturated heterocycles.